The maximum absolute atomic E-state index is 14.6. The van der Waals surface area contributed by atoms with Gasteiger partial charge in [0.25, 0.3) is 0 Å². The van der Waals surface area contributed by atoms with E-state index in [0.717, 1.165) is 12.1 Å². The van der Waals surface area contributed by atoms with Crippen molar-refractivity contribution < 1.29 is 38.8 Å². The van der Waals surface area contributed by atoms with Crippen LogP contribution < -0.4 is 4.74 Å². The molecule has 0 aromatic heterocycles. The molecule has 9 heteroatoms. The molecule has 0 aliphatic carbocycles. The van der Waals surface area contributed by atoms with Crippen LogP contribution in [-0.2, 0) is 22.4 Å². The zero-order valence-electron chi connectivity index (χ0n) is 18.4. The third kappa shape index (κ3) is 5.54. The smallest absolute Gasteiger partial charge is 0.227 e. The molecule has 32 heavy (non-hydrogen) atoms. The minimum absolute atomic E-state index is 0.0465. The van der Waals surface area contributed by atoms with Crippen LogP contribution in [0.5, 0.6) is 17.2 Å². The average molecular weight is 449 g/mol. The van der Waals surface area contributed by atoms with Gasteiger partial charge in [0.2, 0.25) is 5.91 Å². The van der Waals surface area contributed by atoms with Crippen molar-refractivity contribution in [3.05, 3.63) is 52.3 Å². The highest BCUT2D eigenvalue weighted by Gasteiger charge is 2.27. The number of carbonyl (C=O) groups excluding carboxylic acids is 2. The summed E-state index contributed by atoms with van der Waals surface area (Å²) in [5, 5.41) is 30.1. The van der Waals surface area contributed by atoms with Crippen molar-refractivity contribution in [2.24, 2.45) is 0 Å². The first-order valence-electron chi connectivity index (χ1n) is 10.1. The molecule has 2 aromatic carbocycles. The maximum atomic E-state index is 14.6. The summed E-state index contributed by atoms with van der Waals surface area (Å²) in [6.45, 7) is 1.94. The van der Waals surface area contributed by atoms with Crippen LogP contribution in [0.1, 0.15) is 34.0 Å². The lowest BCUT2D eigenvalue weighted by atomic mass is 9.89. The summed E-state index contributed by atoms with van der Waals surface area (Å²) in [5.74, 6) is -2.74. The van der Waals surface area contributed by atoms with Crippen LogP contribution in [0.3, 0.4) is 0 Å². The Morgan fingerprint density at radius 3 is 2.34 bits per heavy atom. The van der Waals surface area contributed by atoms with Gasteiger partial charge in [0.05, 0.1) is 37.9 Å². The third-order valence-electron chi connectivity index (χ3n) is 5.12. The molecule has 0 bridgehead atoms. The van der Waals surface area contributed by atoms with Crippen molar-refractivity contribution in [2.45, 2.75) is 19.8 Å². The summed E-state index contributed by atoms with van der Waals surface area (Å²) < 4.78 is 24.5. The number of ether oxygens (including phenoxy) is 2. The number of methoxy groups -OCH3 is 2. The van der Waals surface area contributed by atoms with Gasteiger partial charge in [-0.15, -0.1) is 0 Å². The van der Waals surface area contributed by atoms with Gasteiger partial charge in [-0.25, -0.2) is 4.39 Å². The molecular weight excluding hydrogens is 421 g/mol. The number of amides is 1. The Morgan fingerprint density at radius 1 is 1.06 bits per heavy atom. The number of hydrogen-bond donors (Lipinski definition) is 3. The van der Waals surface area contributed by atoms with E-state index >= 15 is 0 Å². The van der Waals surface area contributed by atoms with Crippen molar-refractivity contribution in [1.29, 1.82) is 0 Å². The predicted octanol–water partition coefficient (Wildman–Crippen LogP) is 2.05. The lowest BCUT2D eigenvalue weighted by molar-refractivity contribution is -0.131. The maximum Gasteiger partial charge on any atom is 0.227 e. The van der Waals surface area contributed by atoms with E-state index in [0.29, 0.717) is 5.56 Å². The Labute approximate surface area is 185 Å². The van der Waals surface area contributed by atoms with Crippen molar-refractivity contribution in [3.8, 4) is 17.2 Å². The molecule has 0 fully saturated rings. The summed E-state index contributed by atoms with van der Waals surface area (Å²) >= 11 is 0. The fraction of sp³-hybridized carbons (Fsp3) is 0.391. The number of phenols is 2. The van der Waals surface area contributed by atoms with Gasteiger partial charge < -0.3 is 29.7 Å². The minimum atomic E-state index is -0.848. The molecule has 0 saturated carbocycles. The molecule has 174 valence electrons. The lowest BCUT2D eigenvalue weighted by Crippen LogP contribution is -2.37. The molecule has 0 spiro atoms. The Balaban J connectivity index is 2.57. The zero-order chi connectivity index (χ0) is 23.8. The van der Waals surface area contributed by atoms with E-state index < -0.39 is 23.3 Å². The number of aliphatic hydroxyl groups excluding tert-OH is 1. The Morgan fingerprint density at radius 2 is 1.78 bits per heavy atom. The van der Waals surface area contributed by atoms with Gasteiger partial charge in [-0.1, -0.05) is 6.92 Å². The number of ketones is 1. The number of rotatable bonds is 11. The van der Waals surface area contributed by atoms with E-state index in [9.17, 15) is 29.3 Å². The first-order chi connectivity index (χ1) is 15.3. The molecule has 0 unspecified atom stereocenters. The van der Waals surface area contributed by atoms with E-state index in [1.54, 1.807) is 6.92 Å². The van der Waals surface area contributed by atoms with Crippen molar-refractivity contribution in [2.75, 3.05) is 40.5 Å². The highest BCUT2D eigenvalue weighted by Crippen LogP contribution is 2.35. The number of aliphatic hydroxyl groups is 1. The molecule has 2 aromatic rings. The summed E-state index contributed by atoms with van der Waals surface area (Å²) in [5.41, 5.74) is -0.165. The number of phenolic OH excluding ortho intramolecular Hbond substituents is 2. The van der Waals surface area contributed by atoms with Gasteiger partial charge >= 0.3 is 0 Å². The summed E-state index contributed by atoms with van der Waals surface area (Å²) in [7, 11) is 2.84. The quantitative estimate of drug-likeness (QED) is 0.450. The van der Waals surface area contributed by atoms with Gasteiger partial charge in [-0.3, -0.25) is 9.59 Å². The highest BCUT2D eigenvalue weighted by atomic mass is 19.1. The first-order valence-corrected chi connectivity index (χ1v) is 10.1. The van der Waals surface area contributed by atoms with Crippen LogP contribution in [0.4, 0.5) is 4.39 Å². The number of hydrogen-bond acceptors (Lipinski definition) is 7. The molecule has 8 nitrogen and oxygen atoms in total. The number of aromatic hydroxyl groups is 2. The molecular formula is C23H28FNO7. The fourth-order valence-corrected chi connectivity index (χ4v) is 3.48. The van der Waals surface area contributed by atoms with Crippen LogP contribution in [0.2, 0.25) is 0 Å². The minimum Gasteiger partial charge on any atom is -0.508 e. The second-order valence-corrected chi connectivity index (χ2v) is 7.05. The van der Waals surface area contributed by atoms with Crippen LogP contribution in [-0.4, -0.2) is 72.4 Å². The van der Waals surface area contributed by atoms with Gasteiger partial charge in [-0.2, -0.15) is 0 Å². The van der Waals surface area contributed by atoms with E-state index in [2.05, 4.69) is 0 Å². The lowest BCUT2D eigenvalue weighted by Gasteiger charge is -2.23. The van der Waals surface area contributed by atoms with E-state index in [-0.39, 0.29) is 67.3 Å². The molecule has 3 N–H and O–H groups in total. The van der Waals surface area contributed by atoms with Gasteiger partial charge in [0.1, 0.15) is 23.1 Å². The molecule has 0 aliphatic heterocycles. The summed E-state index contributed by atoms with van der Waals surface area (Å²) in [6, 6.07) is 4.70. The number of carbonyl (C=O) groups is 2. The van der Waals surface area contributed by atoms with Gasteiger partial charge in [0.15, 0.2) is 5.78 Å². The molecule has 0 aliphatic rings. The Kier molecular flexibility index (Phi) is 8.98. The average Bonchev–Trinajstić information content (AvgIpc) is 2.76. The normalized spacial score (nSPS) is 10.8. The molecule has 0 radical (unpaired) electrons. The molecule has 2 rings (SSSR count). The molecule has 1 amide bonds. The zero-order valence-corrected chi connectivity index (χ0v) is 18.4. The van der Waals surface area contributed by atoms with Crippen LogP contribution >= 0.6 is 0 Å². The monoisotopic (exact) mass is 449 g/mol. The molecule has 0 saturated heterocycles. The largest absolute Gasteiger partial charge is 0.508 e. The second kappa shape index (κ2) is 11.4. The van der Waals surface area contributed by atoms with E-state index in [4.69, 9.17) is 9.47 Å². The van der Waals surface area contributed by atoms with Crippen molar-refractivity contribution in [3.63, 3.8) is 0 Å². The van der Waals surface area contributed by atoms with E-state index in [1.165, 1.54) is 31.3 Å². The summed E-state index contributed by atoms with van der Waals surface area (Å²) in [4.78, 5) is 27.5. The Hall–Kier alpha value is -3.17. The predicted molar refractivity (Wildman–Crippen MR) is 115 cm³/mol. The third-order valence-corrected chi connectivity index (χ3v) is 5.12. The van der Waals surface area contributed by atoms with E-state index in [1.807, 2.05) is 0 Å². The second-order valence-electron chi connectivity index (χ2n) is 7.05. The van der Waals surface area contributed by atoms with Gasteiger partial charge in [0, 0.05) is 32.3 Å². The van der Waals surface area contributed by atoms with Gasteiger partial charge in [-0.05, 0) is 29.7 Å². The number of benzene rings is 2. The standard InChI is InChI=1S/C23H28FNO7/c1-4-15-17(12-21(29)25(7-9-26)8-10-31-2)22(20(28)13-19(15)27)23(30)16-6-5-14(32-3)11-18(16)24/h5-6,11,13,26-28H,4,7-10,12H2,1-3H3. The van der Waals surface area contributed by atoms with Crippen molar-refractivity contribution in [1.82, 2.24) is 4.90 Å². The number of nitrogens with zero attached hydrogens (tertiary/aromatic N) is 1. The first kappa shape index (κ1) is 25.1. The fourth-order valence-electron chi connectivity index (χ4n) is 3.48. The number of halogens is 1. The summed E-state index contributed by atoms with van der Waals surface area (Å²) in [6.07, 6.45) is -0.0775. The highest BCUT2D eigenvalue weighted by molar-refractivity contribution is 6.12. The van der Waals surface area contributed by atoms with Crippen LogP contribution in [0.15, 0.2) is 24.3 Å². The van der Waals surface area contributed by atoms with Crippen LogP contribution in [0.25, 0.3) is 0 Å². The molecule has 0 atom stereocenters. The molecule has 0 heterocycles. The topological polar surface area (TPSA) is 117 Å². The van der Waals surface area contributed by atoms with Crippen molar-refractivity contribution >= 4 is 11.7 Å². The SMILES string of the molecule is CCc1c(O)cc(O)c(C(=O)c2ccc(OC)cc2F)c1CC(=O)N(CCO)CCOC. The Bertz CT molecular complexity index is 977. The van der Waals surface area contributed by atoms with Crippen LogP contribution in [0, 0.1) is 5.82 Å².